The molecular weight excluding hydrogens is 366 g/mol. The Morgan fingerprint density at radius 3 is 3.21 bits per heavy atom. The van der Waals surface area contributed by atoms with Gasteiger partial charge in [0.2, 0.25) is 0 Å². The molecule has 6 nitrogen and oxygen atoms in total. The van der Waals surface area contributed by atoms with Crippen LogP contribution < -0.4 is 5.32 Å². The summed E-state index contributed by atoms with van der Waals surface area (Å²) in [6.45, 7) is 1.99. The van der Waals surface area contributed by atoms with Crippen LogP contribution in [0.3, 0.4) is 0 Å². The molecule has 2 aromatic rings. The first-order valence-electron chi connectivity index (χ1n) is 10.9. The average Bonchev–Trinajstić information content (AvgIpc) is 3.35. The number of benzene rings is 1. The third-order valence-electron chi connectivity index (χ3n) is 7.60. The highest BCUT2D eigenvalue weighted by Gasteiger charge is 2.63. The van der Waals surface area contributed by atoms with E-state index in [2.05, 4.69) is 15.2 Å². The van der Waals surface area contributed by atoms with Crippen LogP contribution in [0.4, 0.5) is 0 Å². The Morgan fingerprint density at radius 2 is 2.28 bits per heavy atom. The summed E-state index contributed by atoms with van der Waals surface area (Å²) in [5.41, 5.74) is 3.14. The lowest BCUT2D eigenvalue weighted by Crippen LogP contribution is -2.50. The fraction of sp³-hybridized carbons (Fsp3) is 0.522. The summed E-state index contributed by atoms with van der Waals surface area (Å²) < 4.78 is 5.96. The van der Waals surface area contributed by atoms with Crippen LogP contribution in [0.25, 0.3) is 10.9 Å². The van der Waals surface area contributed by atoms with Crippen LogP contribution in [-0.2, 0) is 16.0 Å². The summed E-state index contributed by atoms with van der Waals surface area (Å²) in [4.78, 5) is 18.1. The number of aromatic hydroxyl groups is 1. The molecular formula is C23H27N3O3. The maximum atomic E-state index is 12.1. The third kappa shape index (κ3) is 2.58. The van der Waals surface area contributed by atoms with E-state index >= 15 is 0 Å². The molecule has 4 unspecified atom stereocenters. The SMILES string of the molecule is O=C1C=C2CC(NCCc3c[nH]c4ccc(O)cc34)C3CC2(O1)C1CCCCN31. The number of ether oxygens (including phenoxy) is 1. The Bertz CT molecular complexity index is 1010. The second kappa shape index (κ2) is 6.34. The van der Waals surface area contributed by atoms with Gasteiger partial charge in [0.15, 0.2) is 5.60 Å². The topological polar surface area (TPSA) is 77.6 Å². The van der Waals surface area contributed by atoms with Crippen LogP contribution in [-0.4, -0.2) is 57.8 Å². The van der Waals surface area contributed by atoms with E-state index in [1.54, 1.807) is 12.1 Å². The van der Waals surface area contributed by atoms with E-state index in [1.807, 2.05) is 18.3 Å². The van der Waals surface area contributed by atoms with Gasteiger partial charge >= 0.3 is 5.97 Å². The van der Waals surface area contributed by atoms with E-state index < -0.39 is 0 Å². The Morgan fingerprint density at radius 1 is 1.34 bits per heavy atom. The highest BCUT2D eigenvalue weighted by atomic mass is 16.6. The Kier molecular flexibility index (Phi) is 3.84. The van der Waals surface area contributed by atoms with Gasteiger partial charge in [0.1, 0.15) is 5.75 Å². The molecule has 6 rings (SSSR count). The largest absolute Gasteiger partial charge is 0.508 e. The van der Waals surface area contributed by atoms with Gasteiger partial charge in [-0.2, -0.15) is 0 Å². The summed E-state index contributed by atoms with van der Waals surface area (Å²) in [6, 6.07) is 6.62. The Hall–Kier alpha value is -2.31. The number of nitrogens with one attached hydrogen (secondary N) is 2. The third-order valence-corrected chi connectivity index (χ3v) is 7.60. The van der Waals surface area contributed by atoms with Crippen molar-refractivity contribution in [2.75, 3.05) is 13.1 Å². The Labute approximate surface area is 169 Å². The fourth-order valence-corrected chi connectivity index (χ4v) is 6.36. The van der Waals surface area contributed by atoms with Gasteiger partial charge in [-0.3, -0.25) is 4.90 Å². The average molecular weight is 393 g/mol. The van der Waals surface area contributed by atoms with Gasteiger partial charge in [-0.1, -0.05) is 6.42 Å². The lowest BCUT2D eigenvalue weighted by molar-refractivity contribution is -0.148. The summed E-state index contributed by atoms with van der Waals surface area (Å²) in [5.74, 6) is 0.153. The molecule has 1 aromatic carbocycles. The first-order valence-corrected chi connectivity index (χ1v) is 10.9. The standard InChI is InChI=1S/C23H27N3O3/c27-16-4-5-18-17(11-16)14(13-25-18)6-7-24-19-9-15-10-22(28)29-23(15)12-20(19)26-8-2-1-3-21(23)26/h4-5,10-11,13,19-21,24-25,27H,1-3,6-9,12H2. The van der Waals surface area contributed by atoms with E-state index in [0.29, 0.717) is 23.9 Å². The molecule has 2 saturated heterocycles. The van der Waals surface area contributed by atoms with E-state index in [1.165, 1.54) is 24.0 Å². The molecule has 0 amide bonds. The summed E-state index contributed by atoms with van der Waals surface area (Å²) in [5, 5.41) is 14.7. The molecule has 29 heavy (non-hydrogen) atoms. The molecule has 6 heteroatoms. The van der Waals surface area contributed by atoms with E-state index in [9.17, 15) is 9.90 Å². The van der Waals surface area contributed by atoms with Crippen molar-refractivity contribution in [3.8, 4) is 5.75 Å². The van der Waals surface area contributed by atoms with E-state index in [-0.39, 0.29) is 11.6 Å². The van der Waals surface area contributed by atoms with Gasteiger partial charge < -0.3 is 20.1 Å². The number of phenolic OH excluding ortho intramolecular Hbond substituents is 1. The number of fused-ring (bicyclic) bond motifs is 4. The monoisotopic (exact) mass is 393 g/mol. The number of aromatic nitrogens is 1. The lowest BCUT2D eigenvalue weighted by Gasteiger charge is -2.38. The van der Waals surface area contributed by atoms with Crippen LogP contribution in [0.2, 0.25) is 0 Å². The molecule has 2 bridgehead atoms. The number of rotatable bonds is 4. The number of piperidine rings is 1. The summed E-state index contributed by atoms with van der Waals surface area (Å²) >= 11 is 0. The molecule has 1 aliphatic carbocycles. The number of carbonyl (C=O) groups excluding carboxylic acids is 1. The molecule has 4 atom stereocenters. The minimum absolute atomic E-state index is 0.148. The second-order valence-electron chi connectivity index (χ2n) is 9.06. The van der Waals surface area contributed by atoms with Crippen LogP contribution in [0.5, 0.6) is 5.75 Å². The van der Waals surface area contributed by atoms with Crippen molar-refractivity contribution < 1.29 is 14.6 Å². The zero-order valence-corrected chi connectivity index (χ0v) is 16.5. The van der Waals surface area contributed by atoms with Gasteiger partial charge in [0.25, 0.3) is 0 Å². The van der Waals surface area contributed by atoms with Crippen LogP contribution in [0, 0.1) is 0 Å². The van der Waals surface area contributed by atoms with Gasteiger partial charge in [-0.15, -0.1) is 0 Å². The van der Waals surface area contributed by atoms with Crippen LogP contribution in [0.1, 0.15) is 37.7 Å². The fourth-order valence-electron chi connectivity index (χ4n) is 6.36. The van der Waals surface area contributed by atoms with Gasteiger partial charge in [0, 0.05) is 41.7 Å². The molecule has 152 valence electrons. The highest BCUT2D eigenvalue weighted by molar-refractivity contribution is 5.87. The summed E-state index contributed by atoms with van der Waals surface area (Å²) in [6.07, 6.45) is 10.1. The Balaban J connectivity index is 1.21. The molecule has 3 fully saturated rings. The van der Waals surface area contributed by atoms with Crippen LogP contribution >= 0.6 is 0 Å². The maximum Gasteiger partial charge on any atom is 0.331 e. The van der Waals surface area contributed by atoms with Crippen molar-refractivity contribution in [1.82, 2.24) is 15.2 Å². The zero-order chi connectivity index (χ0) is 19.6. The smallest absolute Gasteiger partial charge is 0.331 e. The quantitative estimate of drug-likeness (QED) is 0.696. The molecule has 1 saturated carbocycles. The number of H-pyrrole nitrogens is 1. The highest BCUT2D eigenvalue weighted by Crippen LogP contribution is 2.53. The first kappa shape index (κ1) is 17.5. The predicted octanol–water partition coefficient (Wildman–Crippen LogP) is 2.63. The zero-order valence-electron chi connectivity index (χ0n) is 16.5. The van der Waals surface area contributed by atoms with E-state index in [0.717, 1.165) is 49.7 Å². The van der Waals surface area contributed by atoms with Gasteiger partial charge in [0.05, 0.1) is 6.04 Å². The number of phenols is 1. The number of aromatic amines is 1. The van der Waals surface area contributed by atoms with Crippen molar-refractivity contribution >= 4 is 16.9 Å². The normalized spacial score (nSPS) is 33.4. The number of carbonyl (C=O) groups is 1. The number of nitrogens with zero attached hydrogens (tertiary/aromatic N) is 1. The molecule has 4 heterocycles. The minimum Gasteiger partial charge on any atom is -0.508 e. The molecule has 3 N–H and O–H groups in total. The molecule has 0 radical (unpaired) electrons. The second-order valence-corrected chi connectivity index (χ2v) is 9.06. The van der Waals surface area contributed by atoms with E-state index in [4.69, 9.17) is 4.74 Å². The minimum atomic E-state index is -0.339. The number of hydrogen-bond acceptors (Lipinski definition) is 5. The van der Waals surface area contributed by atoms with Crippen molar-refractivity contribution in [3.63, 3.8) is 0 Å². The van der Waals surface area contributed by atoms with Crippen molar-refractivity contribution in [2.45, 2.75) is 62.3 Å². The van der Waals surface area contributed by atoms with Crippen molar-refractivity contribution in [3.05, 3.63) is 41.6 Å². The van der Waals surface area contributed by atoms with Gasteiger partial charge in [-0.05, 0) is 68.1 Å². The van der Waals surface area contributed by atoms with Gasteiger partial charge in [-0.25, -0.2) is 4.79 Å². The number of esters is 1. The molecule has 1 spiro atoms. The molecule has 4 aliphatic rings. The predicted molar refractivity (Wildman–Crippen MR) is 110 cm³/mol. The first-order chi connectivity index (χ1) is 14.1. The maximum absolute atomic E-state index is 12.1. The molecule has 1 aromatic heterocycles. The molecule has 3 aliphatic heterocycles. The van der Waals surface area contributed by atoms with Crippen LogP contribution in [0.15, 0.2) is 36.0 Å². The number of hydrogen-bond donors (Lipinski definition) is 3. The lowest BCUT2D eigenvalue weighted by atomic mass is 9.75. The van der Waals surface area contributed by atoms with Crippen molar-refractivity contribution in [1.29, 1.82) is 0 Å². The summed E-state index contributed by atoms with van der Waals surface area (Å²) in [7, 11) is 0. The van der Waals surface area contributed by atoms with Crippen molar-refractivity contribution in [2.24, 2.45) is 0 Å².